The summed E-state index contributed by atoms with van der Waals surface area (Å²) in [5, 5.41) is 17.4. The molecule has 6 nitrogen and oxygen atoms in total. The van der Waals surface area contributed by atoms with Crippen molar-refractivity contribution in [1.82, 2.24) is 0 Å². The smallest absolute Gasteiger partial charge is 0.357 e. The van der Waals surface area contributed by atoms with Crippen LogP contribution in [0.2, 0.25) is 0 Å². The van der Waals surface area contributed by atoms with Crippen LogP contribution in [0.25, 0.3) is 0 Å². The first kappa shape index (κ1) is 6.45. The fourth-order valence-electron chi connectivity index (χ4n) is 0.102. The Hall–Kier alpha value is -1.55. The Morgan fingerprint density at radius 2 is 2.38 bits per heavy atom. The average molecular weight is 115 g/mol. The van der Waals surface area contributed by atoms with Crippen molar-refractivity contribution in [3.8, 4) is 0 Å². The number of hydrogen-bond acceptors (Lipinski definition) is 5. The molecule has 8 heavy (non-hydrogen) atoms. The molecular weight excluding hydrogens is 114 g/mol. The van der Waals surface area contributed by atoms with Crippen molar-refractivity contribution in [2.45, 2.75) is 0 Å². The molecule has 42 valence electrons. The van der Waals surface area contributed by atoms with Crippen LogP contribution in [0.15, 0.2) is 11.0 Å². The van der Waals surface area contributed by atoms with Gasteiger partial charge in [0, 0.05) is 0 Å². The van der Waals surface area contributed by atoms with Gasteiger partial charge in [0.15, 0.2) is 0 Å². The molecule has 0 aliphatic carbocycles. The van der Waals surface area contributed by atoms with E-state index < -0.39 is 10.7 Å². The van der Waals surface area contributed by atoms with Crippen LogP contribution < -0.4 is 0 Å². The van der Waals surface area contributed by atoms with Crippen LogP contribution in [0.5, 0.6) is 0 Å². The van der Waals surface area contributed by atoms with Gasteiger partial charge in [0.1, 0.15) is 0 Å². The lowest BCUT2D eigenvalue weighted by Crippen LogP contribution is -1.93. The van der Waals surface area contributed by atoms with Gasteiger partial charge in [-0.05, 0) is 9.83 Å². The van der Waals surface area contributed by atoms with Crippen LogP contribution in [0, 0.1) is 20.4 Å². The second-order valence-corrected chi connectivity index (χ2v) is 0.797. The Kier molecular flexibility index (Phi) is 2.09. The van der Waals surface area contributed by atoms with Gasteiger partial charge in [0.05, 0.1) is 5.87 Å². The van der Waals surface area contributed by atoms with Gasteiger partial charge in [-0.2, -0.15) is 0 Å². The summed E-state index contributed by atoms with van der Waals surface area (Å²) in [6, 6.07) is 0. The van der Waals surface area contributed by atoms with Crippen molar-refractivity contribution in [3.05, 3.63) is 20.8 Å². The van der Waals surface area contributed by atoms with Gasteiger partial charge in [-0.25, -0.2) is 0 Å². The third-order valence-corrected chi connectivity index (χ3v) is 0.371. The van der Waals surface area contributed by atoms with E-state index in [0.717, 1.165) is 0 Å². The maximum Gasteiger partial charge on any atom is 0.477 e. The number of nitroso groups, excluding NO2 is 1. The number of rotatable bonds is 2. The summed E-state index contributed by atoms with van der Waals surface area (Å²) in [6.07, 6.45) is 0. The zero-order valence-electron chi connectivity index (χ0n) is 3.62. The lowest BCUT2D eigenvalue weighted by molar-refractivity contribution is -0.423. The first-order chi connectivity index (χ1) is 3.72. The maximum atomic E-state index is 9.45. The summed E-state index contributed by atoms with van der Waals surface area (Å²) >= 11 is 0. The van der Waals surface area contributed by atoms with Crippen LogP contribution in [0.4, 0.5) is 0 Å². The molecule has 0 bridgehead atoms. The molecule has 0 spiro atoms. The van der Waals surface area contributed by atoms with E-state index in [9.17, 15) is 15.0 Å². The van der Waals surface area contributed by atoms with Crippen LogP contribution >= 0.6 is 0 Å². The minimum absolute atomic E-state index is 1.08. The van der Waals surface area contributed by atoms with E-state index in [1.54, 1.807) is 0 Å². The molecule has 0 aromatic rings. The van der Waals surface area contributed by atoms with Crippen molar-refractivity contribution < 1.29 is 4.92 Å². The highest BCUT2D eigenvalue weighted by Gasteiger charge is 2.07. The molecule has 0 fully saturated rings. The summed E-state index contributed by atoms with van der Waals surface area (Å²) in [5.74, 6) is 0.133. The Balaban J connectivity index is 4.37. The minimum Gasteiger partial charge on any atom is -0.357 e. The van der Waals surface area contributed by atoms with Crippen LogP contribution in [0.1, 0.15) is 0 Å². The fraction of sp³-hybridized carbons (Fsp3) is 0. The third kappa shape index (κ3) is 1.27. The normalized spacial score (nSPS) is 7.00. The van der Waals surface area contributed by atoms with E-state index in [2.05, 4.69) is 0 Å². The summed E-state index contributed by atoms with van der Waals surface area (Å²) in [4.78, 5) is 17.6. The highest BCUT2D eigenvalue weighted by atomic mass is 16.6. The van der Waals surface area contributed by atoms with Crippen molar-refractivity contribution in [2.75, 3.05) is 0 Å². The van der Waals surface area contributed by atoms with Gasteiger partial charge in [-0.15, -0.1) is 0 Å². The fourth-order valence-corrected chi connectivity index (χ4v) is 0.102. The van der Waals surface area contributed by atoms with Gasteiger partial charge >= 0.3 is 5.82 Å². The number of nitro groups is 1. The topological polar surface area (TPSA) is 96.4 Å². The highest BCUT2D eigenvalue weighted by Crippen LogP contribution is 1.86. The lowest BCUT2D eigenvalue weighted by atomic mass is 10.8. The molecule has 1 N–H and O–H groups in total. The minimum atomic E-state index is -1.11. The van der Waals surface area contributed by atoms with Crippen molar-refractivity contribution in [1.29, 1.82) is 5.41 Å². The second-order valence-electron chi connectivity index (χ2n) is 0.797. The monoisotopic (exact) mass is 115 g/mol. The van der Waals surface area contributed by atoms with Crippen molar-refractivity contribution in [2.24, 2.45) is 5.18 Å². The zero-order valence-corrected chi connectivity index (χ0v) is 3.62. The highest BCUT2D eigenvalue weighted by molar-refractivity contribution is 5.50. The predicted octanol–water partition coefficient (Wildman–Crippen LogP) is 0.119. The Bertz CT molecular complexity index is 167. The largest absolute Gasteiger partial charge is 0.477 e. The molecule has 0 aromatic carbocycles. The van der Waals surface area contributed by atoms with Gasteiger partial charge in [-0.3, -0.25) is 5.41 Å². The first-order valence-corrected chi connectivity index (χ1v) is 1.49. The van der Waals surface area contributed by atoms with E-state index in [1.165, 1.54) is 5.87 Å². The van der Waals surface area contributed by atoms with E-state index in [1.807, 2.05) is 5.18 Å². The Labute approximate surface area is 43.4 Å². The molecule has 6 heteroatoms. The third-order valence-electron chi connectivity index (χ3n) is 0.371. The van der Waals surface area contributed by atoms with Crippen LogP contribution in [0.3, 0.4) is 0 Å². The molecule has 0 aromatic heterocycles. The van der Waals surface area contributed by atoms with E-state index >= 15 is 0 Å². The molecule has 0 saturated carbocycles. The van der Waals surface area contributed by atoms with E-state index in [-0.39, 0.29) is 0 Å². The first-order valence-electron chi connectivity index (χ1n) is 1.49. The molecule has 0 atom stereocenters. The van der Waals surface area contributed by atoms with Crippen molar-refractivity contribution >= 4 is 5.87 Å². The zero-order chi connectivity index (χ0) is 6.57. The van der Waals surface area contributed by atoms with Gasteiger partial charge in [-0.1, -0.05) is 0 Å². The standard InChI is InChI=1S/C2HN3O3/c3-1-2(4-6)5(7)8/h3H. The Morgan fingerprint density at radius 3 is 2.38 bits per heavy atom. The van der Waals surface area contributed by atoms with Gasteiger partial charge in [0.25, 0.3) is 0 Å². The molecule has 0 aliphatic rings. The van der Waals surface area contributed by atoms with E-state index in [0.29, 0.717) is 0 Å². The van der Waals surface area contributed by atoms with Crippen LogP contribution in [-0.2, 0) is 0 Å². The number of nitrogens with one attached hydrogen (secondary N) is 1. The summed E-state index contributed by atoms with van der Waals surface area (Å²) in [6.45, 7) is 0. The summed E-state index contributed by atoms with van der Waals surface area (Å²) in [7, 11) is 0. The Morgan fingerprint density at radius 1 is 1.88 bits per heavy atom. The molecule has 0 unspecified atom stereocenters. The molecule has 0 saturated heterocycles. The lowest BCUT2D eigenvalue weighted by Gasteiger charge is -1.79. The molecule has 0 heterocycles. The summed E-state index contributed by atoms with van der Waals surface area (Å²) in [5.41, 5.74) is 0. The molecular formula is C2HN3O3. The SMILES string of the molecule is N=C=C(N=O)[N+](=O)[O-]. The maximum absolute atomic E-state index is 9.45. The van der Waals surface area contributed by atoms with Gasteiger partial charge in [0.2, 0.25) is 5.18 Å². The number of nitrogens with zero attached hydrogens (tertiary/aromatic N) is 2. The second kappa shape index (κ2) is 2.59. The quantitative estimate of drug-likeness (QED) is 0.239. The van der Waals surface area contributed by atoms with E-state index in [4.69, 9.17) is 5.41 Å². The van der Waals surface area contributed by atoms with Crippen molar-refractivity contribution in [3.63, 3.8) is 0 Å². The molecule has 0 amide bonds. The molecule has 0 aliphatic heterocycles. The van der Waals surface area contributed by atoms with Crippen LogP contribution in [-0.4, -0.2) is 10.8 Å². The predicted molar refractivity (Wildman–Crippen MR) is 24.0 cm³/mol. The summed E-state index contributed by atoms with van der Waals surface area (Å²) < 4.78 is 0. The average Bonchev–Trinajstić information content (AvgIpc) is 1.69. The molecule has 0 radical (unpaired) electrons. The van der Waals surface area contributed by atoms with Gasteiger partial charge < -0.3 is 10.1 Å². The number of hydrogen-bond donors (Lipinski definition) is 1. The molecule has 0 rings (SSSR count).